The molecule has 1 aromatic carbocycles. The van der Waals surface area contributed by atoms with E-state index in [2.05, 4.69) is 56.9 Å². The Bertz CT molecular complexity index is 343. The van der Waals surface area contributed by atoms with Gasteiger partial charge in [-0.05, 0) is 49.4 Å². The SMILES string of the molecule is CCCCN(CC)Cc1ccccc1CCC(C)C. The zero-order chi connectivity index (χ0) is 14.1. The summed E-state index contributed by atoms with van der Waals surface area (Å²) in [5, 5.41) is 0. The first-order valence-corrected chi connectivity index (χ1v) is 7.96. The molecule has 0 unspecified atom stereocenters. The zero-order valence-electron chi connectivity index (χ0n) is 13.3. The molecule has 0 aromatic heterocycles. The van der Waals surface area contributed by atoms with Gasteiger partial charge in [-0.1, -0.05) is 58.4 Å². The largest absolute Gasteiger partial charge is 0.299 e. The Morgan fingerprint density at radius 3 is 2.32 bits per heavy atom. The predicted octanol–water partition coefficient (Wildman–Crippen LogP) is 4.90. The molecule has 0 aliphatic rings. The molecule has 1 heteroatoms. The molecule has 0 N–H and O–H groups in total. The van der Waals surface area contributed by atoms with Crippen molar-refractivity contribution in [2.45, 2.75) is 59.9 Å². The number of rotatable bonds is 9. The summed E-state index contributed by atoms with van der Waals surface area (Å²) < 4.78 is 0. The van der Waals surface area contributed by atoms with Gasteiger partial charge in [0.1, 0.15) is 0 Å². The van der Waals surface area contributed by atoms with Crippen molar-refractivity contribution in [1.29, 1.82) is 0 Å². The summed E-state index contributed by atoms with van der Waals surface area (Å²) in [5.74, 6) is 0.787. The molecule has 19 heavy (non-hydrogen) atoms. The summed E-state index contributed by atoms with van der Waals surface area (Å²) in [6.07, 6.45) is 5.10. The lowest BCUT2D eigenvalue weighted by atomic mass is 9.98. The molecule has 0 aliphatic heterocycles. The second-order valence-electron chi connectivity index (χ2n) is 5.92. The molecule has 0 atom stereocenters. The van der Waals surface area contributed by atoms with E-state index in [-0.39, 0.29) is 0 Å². The van der Waals surface area contributed by atoms with Crippen molar-refractivity contribution in [1.82, 2.24) is 4.90 Å². The average molecular weight is 261 g/mol. The van der Waals surface area contributed by atoms with Crippen molar-refractivity contribution in [3.05, 3.63) is 35.4 Å². The normalized spacial score (nSPS) is 11.5. The minimum absolute atomic E-state index is 0.787. The third kappa shape index (κ3) is 6.24. The first-order valence-electron chi connectivity index (χ1n) is 7.96. The van der Waals surface area contributed by atoms with Gasteiger partial charge in [0.05, 0.1) is 0 Å². The monoisotopic (exact) mass is 261 g/mol. The summed E-state index contributed by atoms with van der Waals surface area (Å²) in [6, 6.07) is 8.99. The molecule has 0 spiro atoms. The molecule has 0 fully saturated rings. The standard InChI is InChI=1S/C18H31N/c1-5-7-14-19(6-2)15-18-11-9-8-10-17(18)13-12-16(3)4/h8-11,16H,5-7,12-15H2,1-4H3. The third-order valence-electron chi connectivity index (χ3n) is 3.78. The summed E-state index contributed by atoms with van der Waals surface area (Å²) in [4.78, 5) is 2.57. The number of hydrogen-bond donors (Lipinski definition) is 0. The lowest BCUT2D eigenvalue weighted by Gasteiger charge is -2.22. The summed E-state index contributed by atoms with van der Waals surface area (Å²) in [7, 11) is 0. The Kier molecular flexibility index (Phi) is 7.81. The number of aryl methyl sites for hydroxylation is 1. The van der Waals surface area contributed by atoms with Gasteiger partial charge in [0.25, 0.3) is 0 Å². The van der Waals surface area contributed by atoms with Crippen molar-refractivity contribution in [3.8, 4) is 0 Å². The quantitative estimate of drug-likeness (QED) is 0.611. The van der Waals surface area contributed by atoms with E-state index in [4.69, 9.17) is 0 Å². The number of nitrogens with zero attached hydrogens (tertiary/aromatic N) is 1. The van der Waals surface area contributed by atoms with E-state index in [0.29, 0.717) is 0 Å². The average Bonchev–Trinajstić information content (AvgIpc) is 2.42. The highest BCUT2D eigenvalue weighted by Crippen LogP contribution is 2.16. The van der Waals surface area contributed by atoms with Gasteiger partial charge >= 0.3 is 0 Å². The second kappa shape index (κ2) is 9.14. The Morgan fingerprint density at radius 2 is 1.74 bits per heavy atom. The summed E-state index contributed by atoms with van der Waals surface area (Å²) in [5.41, 5.74) is 3.08. The maximum Gasteiger partial charge on any atom is 0.0236 e. The molecule has 0 saturated heterocycles. The molecule has 1 aromatic rings. The number of hydrogen-bond acceptors (Lipinski definition) is 1. The van der Waals surface area contributed by atoms with Crippen molar-refractivity contribution >= 4 is 0 Å². The van der Waals surface area contributed by atoms with Crippen LogP contribution in [0.4, 0.5) is 0 Å². The van der Waals surface area contributed by atoms with E-state index < -0.39 is 0 Å². The molecule has 0 saturated carbocycles. The molecular formula is C18H31N. The van der Waals surface area contributed by atoms with Crippen molar-refractivity contribution < 1.29 is 0 Å². The van der Waals surface area contributed by atoms with Gasteiger partial charge in [0.2, 0.25) is 0 Å². The fraction of sp³-hybridized carbons (Fsp3) is 0.667. The van der Waals surface area contributed by atoms with Crippen LogP contribution in [0.15, 0.2) is 24.3 Å². The minimum atomic E-state index is 0.787. The van der Waals surface area contributed by atoms with E-state index in [1.165, 1.54) is 37.8 Å². The van der Waals surface area contributed by atoms with Gasteiger partial charge in [-0.15, -0.1) is 0 Å². The van der Waals surface area contributed by atoms with Gasteiger partial charge < -0.3 is 0 Å². The highest BCUT2D eigenvalue weighted by Gasteiger charge is 2.07. The first kappa shape index (κ1) is 16.2. The Labute approximate surface area is 120 Å². The predicted molar refractivity (Wildman–Crippen MR) is 85.5 cm³/mol. The second-order valence-corrected chi connectivity index (χ2v) is 5.92. The third-order valence-corrected chi connectivity index (χ3v) is 3.78. The van der Waals surface area contributed by atoms with Crippen molar-refractivity contribution in [3.63, 3.8) is 0 Å². The van der Waals surface area contributed by atoms with E-state index in [9.17, 15) is 0 Å². The van der Waals surface area contributed by atoms with Crippen molar-refractivity contribution in [2.24, 2.45) is 5.92 Å². The van der Waals surface area contributed by atoms with E-state index in [0.717, 1.165) is 19.0 Å². The maximum absolute atomic E-state index is 2.57. The van der Waals surface area contributed by atoms with E-state index >= 15 is 0 Å². The lowest BCUT2D eigenvalue weighted by molar-refractivity contribution is 0.274. The molecule has 0 bridgehead atoms. The van der Waals surface area contributed by atoms with Gasteiger partial charge in [-0.2, -0.15) is 0 Å². The molecule has 108 valence electrons. The Morgan fingerprint density at radius 1 is 1.05 bits per heavy atom. The van der Waals surface area contributed by atoms with Crippen LogP contribution in [-0.4, -0.2) is 18.0 Å². The van der Waals surface area contributed by atoms with Crippen LogP contribution in [0.25, 0.3) is 0 Å². The van der Waals surface area contributed by atoms with Crippen LogP contribution in [0.2, 0.25) is 0 Å². The number of benzene rings is 1. The smallest absolute Gasteiger partial charge is 0.0236 e. The number of unbranched alkanes of at least 4 members (excludes halogenated alkanes) is 1. The summed E-state index contributed by atoms with van der Waals surface area (Å²) >= 11 is 0. The van der Waals surface area contributed by atoms with Crippen LogP contribution < -0.4 is 0 Å². The van der Waals surface area contributed by atoms with Crippen LogP contribution in [0, 0.1) is 5.92 Å². The summed E-state index contributed by atoms with van der Waals surface area (Å²) in [6.45, 7) is 12.6. The molecule has 0 aliphatic carbocycles. The molecule has 0 heterocycles. The fourth-order valence-corrected chi connectivity index (χ4v) is 2.37. The van der Waals surface area contributed by atoms with Crippen LogP contribution in [0.5, 0.6) is 0 Å². The van der Waals surface area contributed by atoms with Crippen LogP contribution >= 0.6 is 0 Å². The highest BCUT2D eigenvalue weighted by atomic mass is 15.1. The van der Waals surface area contributed by atoms with Gasteiger partial charge in [0, 0.05) is 6.54 Å². The van der Waals surface area contributed by atoms with Crippen LogP contribution in [0.3, 0.4) is 0 Å². The van der Waals surface area contributed by atoms with Gasteiger partial charge in [-0.25, -0.2) is 0 Å². The Balaban J connectivity index is 2.64. The fourth-order valence-electron chi connectivity index (χ4n) is 2.37. The molecule has 0 radical (unpaired) electrons. The van der Waals surface area contributed by atoms with Crippen molar-refractivity contribution in [2.75, 3.05) is 13.1 Å². The maximum atomic E-state index is 2.57. The molecule has 1 rings (SSSR count). The Hall–Kier alpha value is -0.820. The molecule has 1 nitrogen and oxygen atoms in total. The minimum Gasteiger partial charge on any atom is -0.299 e. The zero-order valence-corrected chi connectivity index (χ0v) is 13.3. The van der Waals surface area contributed by atoms with Crippen LogP contribution in [0.1, 0.15) is 58.1 Å². The lowest BCUT2D eigenvalue weighted by Crippen LogP contribution is -2.24. The first-order chi connectivity index (χ1) is 9.17. The van der Waals surface area contributed by atoms with Gasteiger partial charge in [-0.3, -0.25) is 4.90 Å². The topological polar surface area (TPSA) is 3.24 Å². The van der Waals surface area contributed by atoms with E-state index in [1.807, 2.05) is 0 Å². The van der Waals surface area contributed by atoms with E-state index in [1.54, 1.807) is 5.56 Å². The molecule has 0 amide bonds. The molecular weight excluding hydrogens is 230 g/mol. The van der Waals surface area contributed by atoms with Gasteiger partial charge in [0.15, 0.2) is 0 Å². The highest BCUT2D eigenvalue weighted by molar-refractivity contribution is 5.27. The van der Waals surface area contributed by atoms with Crippen LogP contribution in [-0.2, 0) is 13.0 Å².